The van der Waals surface area contributed by atoms with E-state index >= 15 is 0 Å². The van der Waals surface area contributed by atoms with E-state index < -0.39 is 29.7 Å². The molecule has 12 heteroatoms. The van der Waals surface area contributed by atoms with Gasteiger partial charge in [-0.05, 0) is 49.0 Å². The highest BCUT2D eigenvalue weighted by Crippen LogP contribution is 2.34. The van der Waals surface area contributed by atoms with Crippen LogP contribution in [0.1, 0.15) is 43.6 Å². The molecule has 0 aliphatic carbocycles. The Morgan fingerprint density at radius 1 is 1.18 bits per heavy atom. The van der Waals surface area contributed by atoms with Crippen molar-refractivity contribution in [3.05, 3.63) is 62.8 Å². The number of benzene rings is 1. The standard InChI is InChI=1S/C22H23N5O5S2/c1-3-32-15(28)11-25-21(30)18(14-5-4-10-33-14)27(13-8-6-12(2)7-9-13)22(31)19-16(23)17(20(24)29)26-34-19/h4-10,18H,3,11,23H2,1-2H3,(H2,24,29)(H,25,30). The summed E-state index contributed by atoms with van der Waals surface area (Å²) in [5.41, 5.74) is 12.3. The van der Waals surface area contributed by atoms with Gasteiger partial charge in [0, 0.05) is 10.6 Å². The number of esters is 1. The number of rotatable bonds is 9. The molecule has 3 aromatic rings. The van der Waals surface area contributed by atoms with Gasteiger partial charge < -0.3 is 21.5 Å². The van der Waals surface area contributed by atoms with Gasteiger partial charge >= 0.3 is 5.97 Å². The highest BCUT2D eigenvalue weighted by atomic mass is 32.1. The van der Waals surface area contributed by atoms with Crippen LogP contribution in [0.15, 0.2) is 41.8 Å². The fraction of sp³-hybridized carbons (Fsp3) is 0.227. The first-order valence-electron chi connectivity index (χ1n) is 10.2. The summed E-state index contributed by atoms with van der Waals surface area (Å²) in [7, 11) is 0. The van der Waals surface area contributed by atoms with Gasteiger partial charge in [-0.2, -0.15) is 4.37 Å². The molecule has 0 saturated carbocycles. The van der Waals surface area contributed by atoms with E-state index in [9.17, 15) is 19.2 Å². The summed E-state index contributed by atoms with van der Waals surface area (Å²) in [6, 6.07) is 9.29. The van der Waals surface area contributed by atoms with Gasteiger partial charge in [0.25, 0.3) is 11.8 Å². The summed E-state index contributed by atoms with van der Waals surface area (Å²) in [6.45, 7) is 3.35. The summed E-state index contributed by atoms with van der Waals surface area (Å²) in [6.07, 6.45) is 0. The zero-order chi connectivity index (χ0) is 24.8. The molecule has 1 aromatic carbocycles. The van der Waals surface area contributed by atoms with E-state index in [-0.39, 0.29) is 29.4 Å². The van der Waals surface area contributed by atoms with Crippen molar-refractivity contribution < 1.29 is 23.9 Å². The fourth-order valence-corrected chi connectivity index (χ4v) is 4.67. The molecule has 0 aliphatic rings. The Bertz CT molecular complexity index is 1190. The SMILES string of the molecule is CCOC(=O)CNC(=O)C(c1cccs1)N(C(=O)c1snc(C(N)=O)c1N)c1ccc(C)cc1. The van der Waals surface area contributed by atoms with Crippen LogP contribution < -0.4 is 21.7 Å². The van der Waals surface area contributed by atoms with Crippen LogP contribution in [-0.4, -0.2) is 41.2 Å². The average molecular weight is 502 g/mol. The number of hydrogen-bond donors (Lipinski definition) is 3. The molecule has 1 unspecified atom stereocenters. The highest BCUT2D eigenvalue weighted by Gasteiger charge is 2.36. The molecule has 2 heterocycles. The highest BCUT2D eigenvalue weighted by molar-refractivity contribution is 7.10. The van der Waals surface area contributed by atoms with Crippen molar-refractivity contribution in [1.82, 2.24) is 9.69 Å². The summed E-state index contributed by atoms with van der Waals surface area (Å²) < 4.78 is 8.79. The van der Waals surface area contributed by atoms with E-state index in [4.69, 9.17) is 16.2 Å². The van der Waals surface area contributed by atoms with Gasteiger partial charge in [0.2, 0.25) is 5.91 Å². The number of primary amides is 1. The number of nitrogen functional groups attached to an aromatic ring is 1. The third-order valence-corrected chi connectivity index (χ3v) is 6.49. The van der Waals surface area contributed by atoms with Crippen LogP contribution in [0, 0.1) is 6.92 Å². The number of ether oxygens (including phenoxy) is 1. The normalized spacial score (nSPS) is 11.5. The Kier molecular flexibility index (Phi) is 7.97. The van der Waals surface area contributed by atoms with E-state index in [0.717, 1.165) is 17.1 Å². The molecule has 2 aromatic heterocycles. The van der Waals surface area contributed by atoms with Crippen molar-refractivity contribution in [2.45, 2.75) is 19.9 Å². The number of carbonyl (C=O) groups excluding carboxylic acids is 4. The lowest BCUT2D eigenvalue weighted by Gasteiger charge is -2.30. The van der Waals surface area contributed by atoms with Gasteiger partial charge in [-0.25, -0.2) is 0 Å². The zero-order valence-corrected chi connectivity index (χ0v) is 20.1. The van der Waals surface area contributed by atoms with Crippen LogP contribution in [0.5, 0.6) is 0 Å². The van der Waals surface area contributed by atoms with Crippen LogP contribution in [0.2, 0.25) is 0 Å². The van der Waals surface area contributed by atoms with Crippen LogP contribution >= 0.6 is 22.9 Å². The van der Waals surface area contributed by atoms with Crippen LogP contribution in [-0.2, 0) is 14.3 Å². The molecule has 1 atom stereocenters. The van der Waals surface area contributed by atoms with Crippen molar-refractivity contribution >= 4 is 57.9 Å². The molecule has 0 bridgehead atoms. The number of hydrogen-bond acceptors (Lipinski definition) is 9. The number of aromatic nitrogens is 1. The van der Waals surface area contributed by atoms with Gasteiger partial charge in [0.15, 0.2) is 11.7 Å². The largest absolute Gasteiger partial charge is 0.465 e. The second-order valence-electron chi connectivity index (χ2n) is 7.09. The second-order valence-corrected chi connectivity index (χ2v) is 8.84. The van der Waals surface area contributed by atoms with E-state index in [1.54, 1.807) is 48.7 Å². The van der Waals surface area contributed by atoms with Crippen LogP contribution in [0.25, 0.3) is 0 Å². The Morgan fingerprint density at radius 2 is 1.88 bits per heavy atom. The molecular formula is C22H23N5O5S2. The predicted molar refractivity (Wildman–Crippen MR) is 130 cm³/mol. The third kappa shape index (κ3) is 5.41. The molecule has 0 aliphatic heterocycles. The minimum absolute atomic E-state index is 0.0332. The van der Waals surface area contributed by atoms with Crippen molar-refractivity contribution in [3.8, 4) is 0 Å². The van der Waals surface area contributed by atoms with Crippen LogP contribution in [0.4, 0.5) is 11.4 Å². The molecule has 34 heavy (non-hydrogen) atoms. The molecule has 0 radical (unpaired) electrons. The molecule has 10 nitrogen and oxygen atoms in total. The van der Waals surface area contributed by atoms with Gasteiger partial charge in [-0.3, -0.25) is 24.1 Å². The number of anilines is 2. The second kappa shape index (κ2) is 10.9. The number of amides is 3. The summed E-state index contributed by atoms with van der Waals surface area (Å²) in [5.74, 6) is -2.71. The van der Waals surface area contributed by atoms with Gasteiger partial charge in [-0.1, -0.05) is 23.8 Å². The number of carbonyl (C=O) groups is 4. The third-order valence-electron chi connectivity index (χ3n) is 4.72. The lowest BCUT2D eigenvalue weighted by Crippen LogP contribution is -2.45. The maximum Gasteiger partial charge on any atom is 0.325 e. The Labute approximate surface area is 203 Å². The van der Waals surface area contributed by atoms with Gasteiger partial charge in [-0.15, -0.1) is 11.3 Å². The molecular weight excluding hydrogens is 478 g/mol. The first-order valence-corrected chi connectivity index (χ1v) is 11.8. The molecule has 3 rings (SSSR count). The van der Waals surface area contributed by atoms with Crippen molar-refractivity contribution in [2.75, 3.05) is 23.8 Å². The van der Waals surface area contributed by atoms with Gasteiger partial charge in [0.1, 0.15) is 11.4 Å². The number of thiophene rings is 1. The number of nitrogens with one attached hydrogen (secondary N) is 1. The molecule has 5 N–H and O–H groups in total. The summed E-state index contributed by atoms with van der Waals surface area (Å²) >= 11 is 1.99. The lowest BCUT2D eigenvalue weighted by molar-refractivity contribution is -0.143. The maximum atomic E-state index is 13.8. The van der Waals surface area contributed by atoms with E-state index in [1.165, 1.54) is 16.2 Å². The molecule has 0 fully saturated rings. The number of nitrogens with zero attached hydrogens (tertiary/aromatic N) is 2. The molecule has 0 saturated heterocycles. The maximum absolute atomic E-state index is 13.8. The van der Waals surface area contributed by atoms with Crippen molar-refractivity contribution in [2.24, 2.45) is 5.73 Å². The van der Waals surface area contributed by atoms with Crippen LogP contribution in [0.3, 0.4) is 0 Å². The molecule has 178 valence electrons. The van der Waals surface area contributed by atoms with E-state index in [1.807, 2.05) is 6.92 Å². The predicted octanol–water partition coefficient (Wildman–Crippen LogP) is 2.26. The lowest BCUT2D eigenvalue weighted by atomic mass is 10.1. The monoisotopic (exact) mass is 501 g/mol. The molecule has 3 amide bonds. The number of aryl methyl sites for hydroxylation is 1. The van der Waals surface area contributed by atoms with Crippen molar-refractivity contribution in [3.63, 3.8) is 0 Å². The number of nitrogens with two attached hydrogens (primary N) is 2. The zero-order valence-electron chi connectivity index (χ0n) is 18.4. The molecule has 0 spiro atoms. The summed E-state index contributed by atoms with van der Waals surface area (Å²) in [4.78, 5) is 52.3. The van der Waals surface area contributed by atoms with E-state index in [0.29, 0.717) is 10.6 Å². The van der Waals surface area contributed by atoms with E-state index in [2.05, 4.69) is 9.69 Å². The Balaban J connectivity index is 2.08. The first-order chi connectivity index (χ1) is 16.2. The topological polar surface area (TPSA) is 158 Å². The fourth-order valence-electron chi connectivity index (χ4n) is 3.12. The minimum atomic E-state index is -1.14. The quantitative estimate of drug-likeness (QED) is 0.379. The van der Waals surface area contributed by atoms with Crippen molar-refractivity contribution in [1.29, 1.82) is 0 Å². The smallest absolute Gasteiger partial charge is 0.325 e. The first kappa shape index (κ1) is 24.9. The minimum Gasteiger partial charge on any atom is -0.465 e. The Hall–Kier alpha value is -3.77. The van der Waals surface area contributed by atoms with Gasteiger partial charge in [0.05, 0.1) is 12.3 Å². The summed E-state index contributed by atoms with van der Waals surface area (Å²) in [5, 5.41) is 4.31. The average Bonchev–Trinajstić information content (AvgIpc) is 3.46. The Morgan fingerprint density at radius 3 is 2.44 bits per heavy atom.